The lowest BCUT2D eigenvalue weighted by Gasteiger charge is -2.18. The zero-order chi connectivity index (χ0) is 53.6. The van der Waals surface area contributed by atoms with Crippen molar-refractivity contribution < 1.29 is 28.6 Å². The van der Waals surface area contributed by atoms with E-state index in [2.05, 4.69) is 154 Å². The van der Waals surface area contributed by atoms with Crippen molar-refractivity contribution in [2.45, 2.75) is 264 Å². The van der Waals surface area contributed by atoms with Gasteiger partial charge in [0.25, 0.3) is 0 Å². The van der Waals surface area contributed by atoms with E-state index in [0.717, 1.165) is 154 Å². The molecule has 0 heterocycles. The van der Waals surface area contributed by atoms with Crippen LogP contribution < -0.4 is 0 Å². The molecule has 0 bridgehead atoms. The van der Waals surface area contributed by atoms with Crippen molar-refractivity contribution in [3.63, 3.8) is 0 Å². The van der Waals surface area contributed by atoms with Crippen LogP contribution in [0.25, 0.3) is 0 Å². The quantitative estimate of drug-likeness (QED) is 0.0261. The molecule has 1 unspecified atom stereocenters. The minimum absolute atomic E-state index is 0.103. The highest BCUT2D eigenvalue weighted by Gasteiger charge is 2.19. The fraction of sp³-hybridized carbons (Fsp3) is 0.632. The maximum atomic E-state index is 12.9. The number of rotatable bonds is 53. The van der Waals surface area contributed by atoms with Crippen molar-refractivity contribution in [1.29, 1.82) is 0 Å². The highest BCUT2D eigenvalue weighted by Crippen LogP contribution is 2.13. The summed E-state index contributed by atoms with van der Waals surface area (Å²) >= 11 is 0. The number of carbonyl (C=O) groups excluding carboxylic acids is 3. The van der Waals surface area contributed by atoms with Crippen molar-refractivity contribution >= 4 is 17.9 Å². The molecule has 74 heavy (non-hydrogen) atoms. The van der Waals surface area contributed by atoms with Crippen LogP contribution in [-0.2, 0) is 28.6 Å². The van der Waals surface area contributed by atoms with E-state index < -0.39 is 6.10 Å². The fourth-order valence-electron chi connectivity index (χ4n) is 7.84. The SMILES string of the molecule is CC/C=C\C/C=C\C/C=C\C/C=C\C/C=C\C/C=C\C/C=C\CCCCCC(=O)OCC(COC(=O)CCCCCCC/C=C\CCC)OC(=O)CCCCCCCC/C=C\C/C=C\C/C=C\CCCCCCC. The van der Waals surface area contributed by atoms with Crippen LogP contribution in [0.4, 0.5) is 0 Å². The second-order valence-corrected chi connectivity index (χ2v) is 19.5. The molecule has 0 radical (unpaired) electrons. The van der Waals surface area contributed by atoms with Gasteiger partial charge in [-0.3, -0.25) is 14.4 Å². The van der Waals surface area contributed by atoms with E-state index in [1.165, 1.54) is 64.2 Å². The van der Waals surface area contributed by atoms with Crippen molar-refractivity contribution in [3.05, 3.63) is 134 Å². The zero-order valence-electron chi connectivity index (χ0n) is 47.8. The van der Waals surface area contributed by atoms with Gasteiger partial charge in [0.15, 0.2) is 6.10 Å². The lowest BCUT2D eigenvalue weighted by atomic mass is 10.1. The van der Waals surface area contributed by atoms with Gasteiger partial charge in [-0.2, -0.15) is 0 Å². The van der Waals surface area contributed by atoms with Crippen LogP contribution in [0.3, 0.4) is 0 Å². The lowest BCUT2D eigenvalue weighted by molar-refractivity contribution is -0.167. The van der Waals surface area contributed by atoms with Gasteiger partial charge in [0.2, 0.25) is 0 Å². The summed E-state index contributed by atoms with van der Waals surface area (Å²) in [5.41, 5.74) is 0. The van der Waals surface area contributed by atoms with Gasteiger partial charge in [-0.1, -0.05) is 238 Å². The normalized spacial score (nSPS) is 13.1. The molecule has 0 amide bonds. The maximum Gasteiger partial charge on any atom is 0.306 e. The largest absolute Gasteiger partial charge is 0.462 e. The summed E-state index contributed by atoms with van der Waals surface area (Å²) in [6.45, 7) is 6.40. The molecule has 0 aliphatic carbocycles. The standard InChI is InChI=1S/C68H110O6/c1-4-7-10-13-16-19-22-24-26-28-30-32-33-34-35-37-38-40-42-44-46-49-52-55-58-61-67(70)73-64-65(63-72-66(69)60-57-54-51-48-21-18-15-12-9-6-3)74-68(71)62-59-56-53-50-47-45-43-41-39-36-31-29-27-25-23-20-17-14-11-8-5-2/h7,10,12,15-16,19,23-26,29-32,34-35,38-41,44,46,65H,4-6,8-9,11,13-14,17-18,20-22,27-28,33,36-37,42-43,45,47-64H2,1-3H3/b10-7-,15-12-,19-16-,25-23-,26-24-,31-29-,32-30-,35-34-,40-38-,41-39-,46-44-. The molecule has 0 aliphatic heterocycles. The fourth-order valence-corrected chi connectivity index (χ4v) is 7.84. The summed E-state index contributed by atoms with van der Waals surface area (Å²) in [5, 5.41) is 0. The zero-order valence-corrected chi connectivity index (χ0v) is 47.8. The smallest absolute Gasteiger partial charge is 0.306 e. The summed E-state index contributed by atoms with van der Waals surface area (Å²) in [6.07, 6.45) is 85.9. The molecule has 0 N–H and O–H groups in total. The summed E-state index contributed by atoms with van der Waals surface area (Å²) < 4.78 is 16.8. The molecule has 6 nitrogen and oxygen atoms in total. The van der Waals surface area contributed by atoms with E-state index in [0.29, 0.717) is 19.3 Å². The predicted molar refractivity (Wildman–Crippen MR) is 320 cm³/mol. The topological polar surface area (TPSA) is 78.9 Å². The van der Waals surface area contributed by atoms with E-state index >= 15 is 0 Å². The van der Waals surface area contributed by atoms with Crippen molar-refractivity contribution in [2.75, 3.05) is 13.2 Å². The molecule has 0 spiro atoms. The van der Waals surface area contributed by atoms with E-state index in [4.69, 9.17) is 14.2 Å². The first-order chi connectivity index (χ1) is 36.5. The average molecular weight is 1020 g/mol. The maximum absolute atomic E-state index is 12.9. The molecule has 418 valence electrons. The molecule has 0 aromatic heterocycles. The van der Waals surface area contributed by atoms with Crippen LogP contribution in [0.2, 0.25) is 0 Å². The van der Waals surface area contributed by atoms with Crippen LogP contribution in [0.1, 0.15) is 258 Å². The lowest BCUT2D eigenvalue weighted by Crippen LogP contribution is -2.30. The number of hydrogen-bond acceptors (Lipinski definition) is 6. The third kappa shape index (κ3) is 58.4. The highest BCUT2D eigenvalue weighted by atomic mass is 16.6. The van der Waals surface area contributed by atoms with Crippen molar-refractivity contribution in [1.82, 2.24) is 0 Å². The number of carbonyl (C=O) groups is 3. The van der Waals surface area contributed by atoms with Crippen LogP contribution in [0.15, 0.2) is 134 Å². The molecule has 0 aromatic carbocycles. The molecule has 0 saturated heterocycles. The molecule has 0 fully saturated rings. The van der Waals surface area contributed by atoms with Gasteiger partial charge in [0.1, 0.15) is 13.2 Å². The molecule has 1 atom stereocenters. The van der Waals surface area contributed by atoms with E-state index in [1.54, 1.807) is 0 Å². The second-order valence-electron chi connectivity index (χ2n) is 19.5. The Labute approximate surface area is 455 Å². The van der Waals surface area contributed by atoms with Gasteiger partial charge in [0, 0.05) is 19.3 Å². The third-order valence-corrected chi connectivity index (χ3v) is 12.3. The van der Waals surface area contributed by atoms with E-state index in [9.17, 15) is 14.4 Å². The van der Waals surface area contributed by atoms with Gasteiger partial charge >= 0.3 is 17.9 Å². The molecular formula is C68H110O6. The minimum atomic E-state index is -0.808. The van der Waals surface area contributed by atoms with Gasteiger partial charge in [0.05, 0.1) is 0 Å². The van der Waals surface area contributed by atoms with Gasteiger partial charge < -0.3 is 14.2 Å². The number of hydrogen-bond donors (Lipinski definition) is 0. The van der Waals surface area contributed by atoms with Crippen LogP contribution >= 0.6 is 0 Å². The first-order valence-corrected chi connectivity index (χ1v) is 30.2. The molecular weight excluding hydrogens is 913 g/mol. The summed E-state index contributed by atoms with van der Waals surface area (Å²) in [5.74, 6) is -0.963. The summed E-state index contributed by atoms with van der Waals surface area (Å²) in [4.78, 5) is 38.1. The minimum Gasteiger partial charge on any atom is -0.462 e. The monoisotopic (exact) mass is 1020 g/mol. The second kappa shape index (κ2) is 61.1. The third-order valence-electron chi connectivity index (χ3n) is 12.3. The Balaban J connectivity index is 4.41. The molecule has 0 rings (SSSR count). The molecule has 0 aliphatic rings. The van der Waals surface area contributed by atoms with Gasteiger partial charge in [-0.25, -0.2) is 0 Å². The Morgan fingerprint density at radius 3 is 0.905 bits per heavy atom. The van der Waals surface area contributed by atoms with Crippen molar-refractivity contribution in [2.24, 2.45) is 0 Å². The number of allylic oxidation sites excluding steroid dienone is 22. The molecule has 0 saturated carbocycles. The first kappa shape index (κ1) is 69.5. The highest BCUT2D eigenvalue weighted by molar-refractivity contribution is 5.71. The van der Waals surface area contributed by atoms with E-state index in [-0.39, 0.29) is 31.1 Å². The van der Waals surface area contributed by atoms with Gasteiger partial charge in [-0.15, -0.1) is 0 Å². The van der Waals surface area contributed by atoms with E-state index in [1.807, 2.05) is 0 Å². The Morgan fingerprint density at radius 2 is 0.554 bits per heavy atom. The number of unbranched alkanes of at least 4 members (excludes halogenated alkanes) is 20. The summed E-state index contributed by atoms with van der Waals surface area (Å²) in [7, 11) is 0. The molecule has 0 aromatic rings. The average Bonchev–Trinajstić information content (AvgIpc) is 3.40. The van der Waals surface area contributed by atoms with Crippen molar-refractivity contribution in [3.8, 4) is 0 Å². The Morgan fingerprint density at radius 1 is 0.284 bits per heavy atom. The van der Waals surface area contributed by atoms with Gasteiger partial charge in [-0.05, 0) is 135 Å². The Kier molecular flexibility index (Phi) is 57.4. The first-order valence-electron chi connectivity index (χ1n) is 30.2. The number of ether oxygens (including phenoxy) is 3. The molecule has 6 heteroatoms. The van der Waals surface area contributed by atoms with Crippen LogP contribution in [0.5, 0.6) is 0 Å². The Hall–Kier alpha value is -4.45. The van der Waals surface area contributed by atoms with Crippen LogP contribution in [-0.4, -0.2) is 37.2 Å². The number of esters is 3. The predicted octanol–water partition coefficient (Wildman–Crippen LogP) is 20.6. The summed E-state index contributed by atoms with van der Waals surface area (Å²) in [6, 6.07) is 0. The van der Waals surface area contributed by atoms with Crippen LogP contribution in [0, 0.1) is 0 Å². The Bertz CT molecular complexity index is 1600.